The molecule has 2 radical (unpaired) electrons. The molecule has 23 heavy (non-hydrogen) atoms. The molecule has 3 aromatic rings. The molecule has 5 heteroatoms. The van der Waals surface area contributed by atoms with E-state index in [0.29, 0.717) is 11.0 Å². The minimum absolute atomic E-state index is 0.0206. The molecular formula is C18H16BN3O. The standard InChI is InChI=1S/C18H16BN3O/c1-18(2)16-11(17(23)22(18)3)7-8-14(21-16)12-9-20-15-10(12)5-4-6-13(15)19/h4-9,20H,1-3H3. The van der Waals surface area contributed by atoms with Crippen molar-refractivity contribution < 1.29 is 4.79 Å². The summed E-state index contributed by atoms with van der Waals surface area (Å²) in [6.07, 6.45) is 1.92. The van der Waals surface area contributed by atoms with Crippen LogP contribution in [-0.2, 0) is 5.54 Å². The van der Waals surface area contributed by atoms with Gasteiger partial charge in [0.25, 0.3) is 5.91 Å². The fraction of sp³-hybridized carbons (Fsp3) is 0.222. The summed E-state index contributed by atoms with van der Waals surface area (Å²) in [4.78, 5) is 22.1. The SMILES string of the molecule is [B]c1cccc2c(-c3ccc4c(n3)C(C)(C)N(C)C4=O)c[nH]c12. The Morgan fingerprint density at radius 3 is 2.74 bits per heavy atom. The Morgan fingerprint density at radius 2 is 1.96 bits per heavy atom. The van der Waals surface area contributed by atoms with Gasteiger partial charge in [-0.25, -0.2) is 4.98 Å². The number of pyridine rings is 1. The third-order valence-corrected chi connectivity index (χ3v) is 4.87. The van der Waals surface area contributed by atoms with Crippen LogP contribution in [0.5, 0.6) is 0 Å². The van der Waals surface area contributed by atoms with Gasteiger partial charge in [-0.2, -0.15) is 0 Å². The second-order valence-electron chi connectivity index (χ2n) is 6.49. The molecule has 0 unspecified atom stereocenters. The van der Waals surface area contributed by atoms with Crippen molar-refractivity contribution in [2.24, 2.45) is 0 Å². The molecule has 1 amide bonds. The van der Waals surface area contributed by atoms with E-state index in [1.165, 1.54) is 0 Å². The number of fused-ring (bicyclic) bond motifs is 2. The lowest BCUT2D eigenvalue weighted by molar-refractivity contribution is 0.0688. The summed E-state index contributed by atoms with van der Waals surface area (Å²) in [5.74, 6) is 0.0206. The largest absolute Gasteiger partial charge is 0.361 e. The van der Waals surface area contributed by atoms with Gasteiger partial charge in [-0.1, -0.05) is 23.7 Å². The van der Waals surface area contributed by atoms with Crippen molar-refractivity contribution in [3.63, 3.8) is 0 Å². The Bertz CT molecular complexity index is 958. The summed E-state index contributed by atoms with van der Waals surface area (Å²) in [5, 5.41) is 1.04. The summed E-state index contributed by atoms with van der Waals surface area (Å²) < 4.78 is 0. The van der Waals surface area contributed by atoms with E-state index in [-0.39, 0.29) is 5.91 Å². The summed E-state index contributed by atoms with van der Waals surface area (Å²) >= 11 is 0. The number of amides is 1. The zero-order valence-electron chi connectivity index (χ0n) is 13.3. The number of benzene rings is 1. The molecule has 1 aromatic carbocycles. The van der Waals surface area contributed by atoms with Crippen LogP contribution < -0.4 is 5.46 Å². The second-order valence-corrected chi connectivity index (χ2v) is 6.49. The van der Waals surface area contributed by atoms with E-state index >= 15 is 0 Å². The summed E-state index contributed by atoms with van der Waals surface area (Å²) in [5.41, 5.74) is 4.56. The molecule has 1 N–H and O–H groups in total. The van der Waals surface area contributed by atoms with Crippen molar-refractivity contribution in [2.45, 2.75) is 19.4 Å². The highest BCUT2D eigenvalue weighted by atomic mass is 16.2. The first-order valence-corrected chi connectivity index (χ1v) is 7.57. The number of carbonyl (C=O) groups is 1. The maximum absolute atomic E-state index is 12.3. The van der Waals surface area contributed by atoms with E-state index in [0.717, 1.165) is 27.9 Å². The third-order valence-electron chi connectivity index (χ3n) is 4.87. The number of nitrogens with one attached hydrogen (secondary N) is 1. The molecule has 0 spiro atoms. The highest BCUT2D eigenvalue weighted by Gasteiger charge is 2.42. The number of aromatic amines is 1. The molecule has 0 atom stereocenters. The number of hydrogen-bond donors (Lipinski definition) is 1. The van der Waals surface area contributed by atoms with Gasteiger partial charge in [-0.15, -0.1) is 0 Å². The monoisotopic (exact) mass is 301 g/mol. The minimum atomic E-state index is -0.409. The van der Waals surface area contributed by atoms with Crippen LogP contribution in [0, 0.1) is 0 Å². The molecular weight excluding hydrogens is 285 g/mol. The predicted molar refractivity (Wildman–Crippen MR) is 92.0 cm³/mol. The quantitative estimate of drug-likeness (QED) is 0.701. The predicted octanol–water partition coefficient (Wildman–Crippen LogP) is 2.34. The van der Waals surface area contributed by atoms with Gasteiger partial charge >= 0.3 is 0 Å². The Labute approximate surface area is 135 Å². The Morgan fingerprint density at radius 1 is 1.17 bits per heavy atom. The molecule has 1 aliphatic rings. The smallest absolute Gasteiger partial charge is 0.256 e. The number of rotatable bonds is 1. The Kier molecular flexibility index (Phi) is 2.74. The Hall–Kier alpha value is -2.56. The van der Waals surface area contributed by atoms with Gasteiger partial charge in [0, 0.05) is 29.7 Å². The number of hydrogen-bond acceptors (Lipinski definition) is 2. The fourth-order valence-corrected chi connectivity index (χ4v) is 3.23. The second kappa shape index (κ2) is 4.48. The summed E-state index contributed by atoms with van der Waals surface area (Å²) in [6, 6.07) is 9.60. The molecule has 4 nitrogen and oxygen atoms in total. The molecule has 2 aromatic heterocycles. The van der Waals surface area contributed by atoms with Crippen LogP contribution in [0.15, 0.2) is 36.5 Å². The van der Waals surface area contributed by atoms with Gasteiger partial charge in [0.15, 0.2) is 0 Å². The molecule has 0 aliphatic carbocycles. The third kappa shape index (κ3) is 1.79. The number of para-hydroxylation sites is 1. The van der Waals surface area contributed by atoms with E-state index in [1.807, 2.05) is 57.4 Å². The normalized spacial score (nSPS) is 16.1. The van der Waals surface area contributed by atoms with E-state index in [4.69, 9.17) is 12.8 Å². The van der Waals surface area contributed by atoms with Gasteiger partial charge in [0.1, 0.15) is 7.85 Å². The number of carbonyl (C=O) groups excluding carboxylic acids is 1. The van der Waals surface area contributed by atoms with Crippen molar-refractivity contribution >= 4 is 30.1 Å². The highest BCUT2D eigenvalue weighted by Crippen LogP contribution is 2.38. The lowest BCUT2D eigenvalue weighted by atomic mass is 9.93. The average molecular weight is 301 g/mol. The maximum atomic E-state index is 12.3. The van der Waals surface area contributed by atoms with E-state index in [9.17, 15) is 4.79 Å². The number of nitrogens with zero attached hydrogens (tertiary/aromatic N) is 2. The van der Waals surface area contributed by atoms with Gasteiger partial charge < -0.3 is 9.88 Å². The first kappa shape index (κ1) is 14.1. The van der Waals surface area contributed by atoms with Crippen LogP contribution >= 0.6 is 0 Å². The lowest BCUT2D eigenvalue weighted by Gasteiger charge is -2.27. The zero-order valence-corrected chi connectivity index (χ0v) is 13.3. The molecule has 1 aliphatic heterocycles. The van der Waals surface area contributed by atoms with Crippen molar-refractivity contribution in [3.8, 4) is 11.3 Å². The fourth-order valence-electron chi connectivity index (χ4n) is 3.23. The van der Waals surface area contributed by atoms with Gasteiger partial charge in [0.05, 0.1) is 22.5 Å². The molecule has 112 valence electrons. The first-order chi connectivity index (χ1) is 10.9. The van der Waals surface area contributed by atoms with Crippen LogP contribution in [0.1, 0.15) is 29.9 Å². The van der Waals surface area contributed by atoms with Crippen LogP contribution in [0.2, 0.25) is 0 Å². The van der Waals surface area contributed by atoms with Gasteiger partial charge in [-0.05, 0) is 26.0 Å². The number of H-pyrrole nitrogens is 1. The number of aromatic nitrogens is 2. The topological polar surface area (TPSA) is 49.0 Å². The molecule has 0 saturated carbocycles. The summed E-state index contributed by atoms with van der Waals surface area (Å²) in [7, 11) is 7.83. The molecule has 4 rings (SSSR count). The highest BCUT2D eigenvalue weighted by molar-refractivity contribution is 6.38. The van der Waals surface area contributed by atoms with Crippen LogP contribution in [0.25, 0.3) is 22.2 Å². The van der Waals surface area contributed by atoms with E-state index < -0.39 is 5.54 Å². The van der Waals surface area contributed by atoms with Crippen molar-refractivity contribution in [3.05, 3.63) is 47.8 Å². The Balaban J connectivity index is 1.94. The summed E-state index contributed by atoms with van der Waals surface area (Å²) in [6.45, 7) is 4.03. The van der Waals surface area contributed by atoms with Crippen LogP contribution in [0.3, 0.4) is 0 Å². The maximum Gasteiger partial charge on any atom is 0.256 e. The molecule has 3 heterocycles. The van der Waals surface area contributed by atoms with Gasteiger partial charge in [0.2, 0.25) is 0 Å². The lowest BCUT2D eigenvalue weighted by Crippen LogP contribution is -2.35. The van der Waals surface area contributed by atoms with E-state index in [2.05, 4.69) is 4.98 Å². The van der Waals surface area contributed by atoms with Crippen molar-refractivity contribution in [1.82, 2.24) is 14.9 Å². The van der Waals surface area contributed by atoms with Crippen molar-refractivity contribution in [1.29, 1.82) is 0 Å². The van der Waals surface area contributed by atoms with Gasteiger partial charge in [-0.3, -0.25) is 4.79 Å². The zero-order chi connectivity index (χ0) is 16.4. The van der Waals surface area contributed by atoms with Crippen LogP contribution in [0.4, 0.5) is 0 Å². The van der Waals surface area contributed by atoms with Crippen molar-refractivity contribution in [2.75, 3.05) is 7.05 Å². The minimum Gasteiger partial charge on any atom is -0.361 e. The first-order valence-electron chi connectivity index (χ1n) is 7.57. The average Bonchev–Trinajstić information content (AvgIpc) is 3.04. The molecule has 0 bridgehead atoms. The van der Waals surface area contributed by atoms with Crippen LogP contribution in [-0.4, -0.2) is 35.7 Å². The molecule has 0 saturated heterocycles. The molecule has 0 fully saturated rings. The van der Waals surface area contributed by atoms with E-state index in [1.54, 1.807) is 4.90 Å².